The van der Waals surface area contributed by atoms with Gasteiger partial charge in [0.05, 0.1) is 0 Å². The minimum absolute atomic E-state index is 0.174. The molecule has 0 aliphatic rings. The fraction of sp³-hybridized carbons (Fsp3) is 0.133. The number of amides is 1. The van der Waals surface area contributed by atoms with Crippen molar-refractivity contribution < 1.29 is 27.3 Å². The summed E-state index contributed by atoms with van der Waals surface area (Å²) in [6.07, 6.45) is 2.65. The molecule has 0 saturated carbocycles. The zero-order chi connectivity index (χ0) is 18.1. The van der Waals surface area contributed by atoms with Gasteiger partial charge < -0.3 is 14.6 Å². The van der Waals surface area contributed by atoms with Gasteiger partial charge in [-0.2, -0.15) is 0 Å². The van der Waals surface area contributed by atoms with Gasteiger partial charge in [-0.15, -0.1) is 0 Å². The summed E-state index contributed by atoms with van der Waals surface area (Å²) < 4.78 is 34.7. The van der Waals surface area contributed by atoms with Gasteiger partial charge in [-0.25, -0.2) is 13.1 Å². The summed E-state index contributed by atoms with van der Waals surface area (Å²) in [5.41, 5.74) is 0.694. The average Bonchev–Trinajstić information content (AvgIpc) is 3.10. The van der Waals surface area contributed by atoms with Crippen molar-refractivity contribution in [1.82, 2.24) is 9.88 Å². The smallest absolute Gasteiger partial charge is 0.321 e. The number of anilines is 1. The molecule has 0 aliphatic heterocycles. The average molecular weight is 365 g/mol. The second-order valence-corrected chi connectivity index (χ2v) is 6.32. The maximum absolute atomic E-state index is 11.8. The van der Waals surface area contributed by atoms with Crippen LogP contribution in [0.5, 0.6) is 0 Å². The summed E-state index contributed by atoms with van der Waals surface area (Å²) in [5.74, 6) is -1.35. The molecule has 1 aromatic heterocycles. The normalized spacial score (nSPS) is 11.4. The van der Waals surface area contributed by atoms with Crippen molar-refractivity contribution in [2.45, 2.75) is 0 Å². The number of aromatic nitrogens is 1. The van der Waals surface area contributed by atoms with Gasteiger partial charge in [-0.3, -0.25) is 9.59 Å². The Balaban J connectivity index is 1.73. The lowest BCUT2D eigenvalue weighted by molar-refractivity contribution is -0.146. The third-order valence-corrected chi connectivity index (χ3v) is 3.77. The summed E-state index contributed by atoms with van der Waals surface area (Å²) >= 11 is 0. The summed E-state index contributed by atoms with van der Waals surface area (Å²) in [7, 11) is -3.81. The van der Waals surface area contributed by atoms with E-state index in [2.05, 4.69) is 24.5 Å². The van der Waals surface area contributed by atoms with E-state index in [1.807, 2.05) is 0 Å². The van der Waals surface area contributed by atoms with Crippen LogP contribution in [0.25, 0.3) is 6.08 Å². The SMILES string of the molecule is O=C(COC(=O)CNS(=O)(=O)/C=C/c1ccccc1)Nc1ccon1. The first kappa shape index (κ1) is 18.4. The van der Waals surface area contributed by atoms with Crippen LogP contribution in [-0.4, -0.2) is 38.6 Å². The maximum Gasteiger partial charge on any atom is 0.321 e. The van der Waals surface area contributed by atoms with E-state index in [0.29, 0.717) is 5.56 Å². The van der Waals surface area contributed by atoms with Gasteiger partial charge in [0, 0.05) is 11.5 Å². The zero-order valence-corrected chi connectivity index (χ0v) is 13.7. The summed E-state index contributed by atoms with van der Waals surface area (Å²) in [6, 6.07) is 10.2. The Kier molecular flexibility index (Phi) is 6.43. The lowest BCUT2D eigenvalue weighted by Crippen LogP contribution is -2.31. The summed E-state index contributed by atoms with van der Waals surface area (Å²) in [4.78, 5) is 22.9. The number of esters is 1. The molecule has 1 aromatic carbocycles. The lowest BCUT2D eigenvalue weighted by Gasteiger charge is -2.05. The Hall–Kier alpha value is -2.98. The number of carbonyl (C=O) groups excluding carboxylic acids is 2. The van der Waals surface area contributed by atoms with Crippen LogP contribution in [0.3, 0.4) is 0 Å². The van der Waals surface area contributed by atoms with Crippen molar-refractivity contribution in [1.29, 1.82) is 0 Å². The number of hydrogen-bond donors (Lipinski definition) is 2. The van der Waals surface area contributed by atoms with Gasteiger partial charge in [0.25, 0.3) is 5.91 Å². The van der Waals surface area contributed by atoms with Gasteiger partial charge >= 0.3 is 5.97 Å². The molecule has 132 valence electrons. The van der Waals surface area contributed by atoms with E-state index in [-0.39, 0.29) is 5.82 Å². The number of rotatable bonds is 8. The molecule has 0 aliphatic carbocycles. The fourth-order valence-corrected chi connectivity index (χ4v) is 2.34. The van der Waals surface area contributed by atoms with E-state index in [1.54, 1.807) is 30.3 Å². The van der Waals surface area contributed by atoms with E-state index in [4.69, 9.17) is 0 Å². The topological polar surface area (TPSA) is 128 Å². The molecule has 0 radical (unpaired) electrons. The molecule has 10 heteroatoms. The van der Waals surface area contributed by atoms with Crippen molar-refractivity contribution in [3.63, 3.8) is 0 Å². The van der Waals surface area contributed by atoms with Crippen LogP contribution in [0.4, 0.5) is 5.82 Å². The fourth-order valence-electron chi connectivity index (χ4n) is 1.59. The number of sulfonamides is 1. The van der Waals surface area contributed by atoms with Crippen LogP contribution in [0.2, 0.25) is 0 Å². The maximum atomic E-state index is 11.8. The van der Waals surface area contributed by atoms with Crippen molar-refractivity contribution in [2.75, 3.05) is 18.5 Å². The Bertz CT molecular complexity index is 831. The van der Waals surface area contributed by atoms with E-state index in [0.717, 1.165) is 5.41 Å². The zero-order valence-electron chi connectivity index (χ0n) is 12.9. The highest BCUT2D eigenvalue weighted by molar-refractivity contribution is 7.92. The minimum atomic E-state index is -3.81. The first-order valence-electron chi connectivity index (χ1n) is 7.03. The number of ether oxygens (including phenoxy) is 1. The molecule has 0 spiro atoms. The van der Waals surface area contributed by atoms with Gasteiger partial charge in [0.2, 0.25) is 10.0 Å². The van der Waals surface area contributed by atoms with Crippen molar-refractivity contribution >= 4 is 33.8 Å². The molecule has 2 rings (SSSR count). The van der Waals surface area contributed by atoms with E-state index in [1.165, 1.54) is 18.4 Å². The first-order chi connectivity index (χ1) is 11.9. The third kappa shape index (κ3) is 6.97. The highest BCUT2D eigenvalue weighted by Gasteiger charge is 2.12. The number of nitrogens with one attached hydrogen (secondary N) is 2. The molecule has 0 unspecified atom stereocenters. The molecule has 0 bridgehead atoms. The van der Waals surface area contributed by atoms with E-state index < -0.39 is 35.1 Å². The minimum Gasteiger partial charge on any atom is -0.455 e. The summed E-state index contributed by atoms with van der Waals surface area (Å²) in [6.45, 7) is -1.17. The van der Waals surface area contributed by atoms with Gasteiger partial charge in [-0.1, -0.05) is 35.5 Å². The van der Waals surface area contributed by atoms with Crippen LogP contribution in [0.1, 0.15) is 5.56 Å². The van der Waals surface area contributed by atoms with E-state index in [9.17, 15) is 18.0 Å². The number of hydrogen-bond acceptors (Lipinski definition) is 7. The molecule has 0 fully saturated rings. The quantitative estimate of drug-likeness (QED) is 0.661. The molecular formula is C15H15N3O6S. The Morgan fingerprint density at radius 1 is 1.20 bits per heavy atom. The second-order valence-electron chi connectivity index (χ2n) is 4.67. The predicted octanol–water partition coefficient (Wildman–Crippen LogP) is 0.747. The van der Waals surface area contributed by atoms with Crippen molar-refractivity contribution in [3.8, 4) is 0 Å². The Morgan fingerprint density at radius 2 is 1.96 bits per heavy atom. The standard InChI is InChI=1S/C15H15N3O6S/c19-14(17-13-6-8-24-18-13)11-23-15(20)10-16-25(21,22)9-7-12-4-2-1-3-5-12/h1-9,16H,10-11H2,(H,17,18,19)/b9-7+. The molecule has 0 atom stereocenters. The lowest BCUT2D eigenvalue weighted by atomic mass is 10.2. The van der Waals surface area contributed by atoms with Gasteiger partial charge in [-0.05, 0) is 11.6 Å². The number of carbonyl (C=O) groups is 2. The third-order valence-electron chi connectivity index (χ3n) is 2.73. The van der Waals surface area contributed by atoms with Gasteiger partial charge in [0.1, 0.15) is 12.8 Å². The predicted molar refractivity (Wildman–Crippen MR) is 88.5 cm³/mol. The molecule has 9 nitrogen and oxygen atoms in total. The highest BCUT2D eigenvalue weighted by atomic mass is 32.2. The monoisotopic (exact) mass is 365 g/mol. The van der Waals surface area contributed by atoms with Crippen molar-refractivity contribution in [2.24, 2.45) is 0 Å². The second kappa shape index (κ2) is 8.76. The molecule has 25 heavy (non-hydrogen) atoms. The van der Waals surface area contributed by atoms with Crippen LogP contribution < -0.4 is 10.0 Å². The number of benzene rings is 1. The molecule has 1 amide bonds. The van der Waals surface area contributed by atoms with Crippen LogP contribution >= 0.6 is 0 Å². The molecular weight excluding hydrogens is 350 g/mol. The number of nitrogens with zero attached hydrogens (tertiary/aromatic N) is 1. The molecule has 0 saturated heterocycles. The Morgan fingerprint density at radius 3 is 2.64 bits per heavy atom. The first-order valence-corrected chi connectivity index (χ1v) is 8.58. The highest BCUT2D eigenvalue weighted by Crippen LogP contribution is 2.03. The largest absolute Gasteiger partial charge is 0.455 e. The van der Waals surface area contributed by atoms with Gasteiger partial charge in [0.15, 0.2) is 12.4 Å². The van der Waals surface area contributed by atoms with Crippen molar-refractivity contribution in [3.05, 3.63) is 53.6 Å². The molecule has 2 N–H and O–H groups in total. The molecule has 1 heterocycles. The van der Waals surface area contributed by atoms with Crippen LogP contribution in [0, 0.1) is 0 Å². The summed E-state index contributed by atoms with van der Waals surface area (Å²) in [5, 5.41) is 6.71. The van der Waals surface area contributed by atoms with E-state index >= 15 is 0 Å². The van der Waals surface area contributed by atoms with Crippen LogP contribution in [-0.2, 0) is 24.3 Å². The molecule has 2 aromatic rings. The Labute approximate surface area is 143 Å². The van der Waals surface area contributed by atoms with Crippen LogP contribution in [0.15, 0.2) is 52.6 Å².